The van der Waals surface area contributed by atoms with Gasteiger partial charge < -0.3 is 19.8 Å². The zero-order valence-corrected chi connectivity index (χ0v) is 8.88. The van der Waals surface area contributed by atoms with Gasteiger partial charge in [0.05, 0.1) is 12.3 Å². The predicted molar refractivity (Wildman–Crippen MR) is 55.4 cm³/mol. The molecule has 0 aliphatic heterocycles. The lowest BCUT2D eigenvalue weighted by Gasteiger charge is -2.01. The number of furan rings is 1. The topological polar surface area (TPSA) is 98.3 Å². The summed E-state index contributed by atoms with van der Waals surface area (Å²) >= 11 is 0. The average molecular weight is 223 g/mol. The van der Waals surface area contributed by atoms with Gasteiger partial charge in [0.2, 0.25) is 11.7 Å². The fourth-order valence-electron chi connectivity index (χ4n) is 1.34. The maximum atomic E-state index is 8.74. The molecule has 0 aromatic carbocycles. The van der Waals surface area contributed by atoms with Gasteiger partial charge in [-0.25, -0.2) is 0 Å². The van der Waals surface area contributed by atoms with E-state index in [1.54, 1.807) is 6.26 Å². The summed E-state index contributed by atoms with van der Waals surface area (Å²) in [6.07, 6.45) is 1.95. The zero-order chi connectivity index (χ0) is 11.5. The van der Waals surface area contributed by atoms with Crippen LogP contribution in [0.2, 0.25) is 0 Å². The lowest BCUT2D eigenvalue weighted by atomic mass is 10.2. The normalized spacial score (nSPS) is 12.9. The average Bonchev–Trinajstić information content (AvgIpc) is 2.86. The monoisotopic (exact) mass is 223 g/mol. The molecule has 6 heteroatoms. The van der Waals surface area contributed by atoms with E-state index in [0.29, 0.717) is 23.9 Å². The van der Waals surface area contributed by atoms with Crippen molar-refractivity contribution in [1.82, 2.24) is 10.1 Å². The van der Waals surface area contributed by atoms with Crippen molar-refractivity contribution in [2.24, 2.45) is 5.73 Å². The fourth-order valence-corrected chi connectivity index (χ4v) is 1.34. The highest BCUT2D eigenvalue weighted by Gasteiger charge is 2.17. The first kappa shape index (κ1) is 10.8. The molecule has 3 N–H and O–H groups in total. The second-order valence-electron chi connectivity index (χ2n) is 3.51. The van der Waals surface area contributed by atoms with E-state index in [0.717, 1.165) is 5.56 Å². The number of aryl methyl sites for hydroxylation is 1. The van der Waals surface area contributed by atoms with E-state index in [2.05, 4.69) is 10.1 Å². The van der Waals surface area contributed by atoms with E-state index in [1.165, 1.54) is 0 Å². The first-order valence-electron chi connectivity index (χ1n) is 4.97. The molecule has 0 fully saturated rings. The summed E-state index contributed by atoms with van der Waals surface area (Å²) in [5.74, 6) is 1.26. The molecule has 0 radical (unpaired) electrons. The second kappa shape index (κ2) is 4.46. The van der Waals surface area contributed by atoms with Gasteiger partial charge in [-0.2, -0.15) is 4.98 Å². The van der Waals surface area contributed by atoms with E-state index < -0.39 is 6.04 Å². The van der Waals surface area contributed by atoms with E-state index in [9.17, 15) is 0 Å². The highest BCUT2D eigenvalue weighted by atomic mass is 16.5. The zero-order valence-electron chi connectivity index (χ0n) is 8.88. The smallest absolute Gasteiger partial charge is 0.244 e. The highest BCUT2D eigenvalue weighted by molar-refractivity contribution is 5.50. The maximum absolute atomic E-state index is 8.74. The fraction of sp³-hybridized carbons (Fsp3) is 0.400. The third kappa shape index (κ3) is 1.98. The standard InChI is InChI=1S/C10H13N3O3/c1-6-3-5-15-8(6)9-12-10(16-13-9)7(11)2-4-14/h3,5,7,14H,2,4,11H2,1H3. The number of nitrogens with two attached hydrogens (primary N) is 1. The van der Waals surface area contributed by atoms with E-state index in [1.807, 2.05) is 13.0 Å². The molecule has 0 bridgehead atoms. The Balaban J connectivity index is 2.23. The molecular weight excluding hydrogens is 210 g/mol. The highest BCUT2D eigenvalue weighted by Crippen LogP contribution is 2.22. The van der Waals surface area contributed by atoms with Gasteiger partial charge in [0.15, 0.2) is 5.76 Å². The van der Waals surface area contributed by atoms with Gasteiger partial charge in [0, 0.05) is 6.61 Å². The van der Waals surface area contributed by atoms with Crippen LogP contribution in [0.25, 0.3) is 11.6 Å². The van der Waals surface area contributed by atoms with Crippen molar-refractivity contribution in [1.29, 1.82) is 0 Å². The number of aliphatic hydroxyl groups is 1. The molecule has 86 valence electrons. The molecule has 0 aliphatic carbocycles. The lowest BCUT2D eigenvalue weighted by Crippen LogP contribution is -2.12. The van der Waals surface area contributed by atoms with Crippen molar-refractivity contribution < 1.29 is 14.0 Å². The third-order valence-corrected chi connectivity index (χ3v) is 2.26. The van der Waals surface area contributed by atoms with Crippen LogP contribution in [0.5, 0.6) is 0 Å². The SMILES string of the molecule is Cc1ccoc1-c1noc(C(N)CCO)n1. The second-order valence-corrected chi connectivity index (χ2v) is 3.51. The molecule has 2 aromatic rings. The summed E-state index contributed by atoms with van der Waals surface area (Å²) in [5.41, 5.74) is 6.66. The van der Waals surface area contributed by atoms with E-state index >= 15 is 0 Å². The molecule has 0 aliphatic rings. The molecule has 2 rings (SSSR count). The summed E-state index contributed by atoms with van der Waals surface area (Å²) in [5, 5.41) is 12.5. The van der Waals surface area contributed by atoms with Gasteiger partial charge in [-0.15, -0.1) is 0 Å². The van der Waals surface area contributed by atoms with Crippen LogP contribution < -0.4 is 5.73 Å². The number of nitrogens with zero attached hydrogens (tertiary/aromatic N) is 2. The molecule has 0 amide bonds. The van der Waals surface area contributed by atoms with Crippen LogP contribution in [0.4, 0.5) is 0 Å². The van der Waals surface area contributed by atoms with Crippen molar-refractivity contribution in [3.63, 3.8) is 0 Å². The van der Waals surface area contributed by atoms with E-state index in [-0.39, 0.29) is 6.61 Å². The van der Waals surface area contributed by atoms with Gasteiger partial charge in [-0.05, 0) is 25.0 Å². The van der Waals surface area contributed by atoms with Crippen molar-refractivity contribution >= 4 is 0 Å². The minimum Gasteiger partial charge on any atom is -0.461 e. The van der Waals surface area contributed by atoms with Crippen molar-refractivity contribution in [3.8, 4) is 11.6 Å². The third-order valence-electron chi connectivity index (χ3n) is 2.26. The summed E-state index contributed by atoms with van der Waals surface area (Å²) in [4.78, 5) is 4.12. The Labute approximate surface area is 92.1 Å². The minimum atomic E-state index is -0.443. The van der Waals surface area contributed by atoms with Crippen molar-refractivity contribution in [3.05, 3.63) is 23.8 Å². The van der Waals surface area contributed by atoms with Gasteiger partial charge >= 0.3 is 0 Å². The Bertz CT molecular complexity index is 463. The molecule has 0 saturated heterocycles. The molecule has 1 atom stereocenters. The number of aliphatic hydroxyl groups excluding tert-OH is 1. The Morgan fingerprint density at radius 1 is 1.56 bits per heavy atom. The number of hydrogen-bond acceptors (Lipinski definition) is 6. The number of hydrogen-bond donors (Lipinski definition) is 2. The van der Waals surface area contributed by atoms with Crippen LogP contribution in [-0.4, -0.2) is 21.9 Å². The molecule has 2 aromatic heterocycles. The number of rotatable bonds is 4. The minimum absolute atomic E-state index is 0.0152. The van der Waals surface area contributed by atoms with Gasteiger partial charge in [0.1, 0.15) is 0 Å². The molecule has 0 saturated carbocycles. The molecule has 0 spiro atoms. The van der Waals surface area contributed by atoms with Crippen LogP contribution in [0, 0.1) is 6.92 Å². The summed E-state index contributed by atoms with van der Waals surface area (Å²) < 4.78 is 10.2. The largest absolute Gasteiger partial charge is 0.461 e. The van der Waals surface area contributed by atoms with Crippen molar-refractivity contribution in [2.75, 3.05) is 6.61 Å². The van der Waals surface area contributed by atoms with Gasteiger partial charge in [-0.1, -0.05) is 5.16 Å². The molecule has 6 nitrogen and oxygen atoms in total. The number of aromatic nitrogens is 2. The molecule has 16 heavy (non-hydrogen) atoms. The Kier molecular flexibility index (Phi) is 3.02. The first-order valence-corrected chi connectivity index (χ1v) is 4.97. The quantitative estimate of drug-likeness (QED) is 0.802. The van der Waals surface area contributed by atoms with Gasteiger partial charge in [0.25, 0.3) is 0 Å². The van der Waals surface area contributed by atoms with Crippen LogP contribution >= 0.6 is 0 Å². The first-order chi connectivity index (χ1) is 7.72. The molecule has 1 unspecified atom stereocenters. The van der Waals surface area contributed by atoms with Crippen LogP contribution in [-0.2, 0) is 0 Å². The van der Waals surface area contributed by atoms with E-state index in [4.69, 9.17) is 19.8 Å². The summed E-state index contributed by atoms with van der Waals surface area (Å²) in [6.45, 7) is 1.88. The van der Waals surface area contributed by atoms with Crippen LogP contribution in [0.15, 0.2) is 21.3 Å². The lowest BCUT2D eigenvalue weighted by molar-refractivity contribution is 0.259. The molecule has 2 heterocycles. The van der Waals surface area contributed by atoms with Crippen molar-refractivity contribution in [2.45, 2.75) is 19.4 Å². The Morgan fingerprint density at radius 3 is 3.00 bits per heavy atom. The van der Waals surface area contributed by atoms with Crippen LogP contribution in [0.1, 0.15) is 23.9 Å². The summed E-state index contributed by atoms with van der Waals surface area (Å²) in [6, 6.07) is 1.38. The van der Waals surface area contributed by atoms with Crippen LogP contribution in [0.3, 0.4) is 0 Å². The predicted octanol–water partition coefficient (Wildman–Crippen LogP) is 1.02. The maximum Gasteiger partial charge on any atom is 0.244 e. The molecular formula is C10H13N3O3. The van der Waals surface area contributed by atoms with Gasteiger partial charge in [-0.3, -0.25) is 0 Å². The Morgan fingerprint density at radius 2 is 2.38 bits per heavy atom. The summed E-state index contributed by atoms with van der Waals surface area (Å²) in [7, 11) is 0. The Hall–Kier alpha value is -1.66.